The molecule has 2 saturated heterocycles. The van der Waals surface area contributed by atoms with Crippen molar-refractivity contribution < 1.29 is 46.1 Å². The molecule has 0 radical (unpaired) electrons. The molecule has 9 nitrogen and oxygen atoms in total. The quantitative estimate of drug-likeness (QED) is 0.520. The molecule has 3 rings (SSSR count). The number of aryl methyl sites for hydroxylation is 1. The van der Waals surface area contributed by atoms with Crippen molar-refractivity contribution in [1.29, 1.82) is 0 Å². The summed E-state index contributed by atoms with van der Waals surface area (Å²) in [6, 6.07) is 2.18. The Morgan fingerprint density at radius 1 is 0.857 bits per heavy atom. The van der Waals surface area contributed by atoms with Crippen LogP contribution < -0.4 is 15.1 Å². The molecule has 0 atom stereocenters. The largest absolute Gasteiger partial charge is 0.490 e. The number of carbonyl (C=O) groups is 2. The fourth-order valence-corrected chi connectivity index (χ4v) is 3.12. The summed E-state index contributed by atoms with van der Waals surface area (Å²) in [4.78, 5) is 32.2. The molecule has 0 amide bonds. The number of alkyl halides is 6. The number of halogens is 6. The zero-order chi connectivity index (χ0) is 26.6. The smallest absolute Gasteiger partial charge is 0.475 e. The van der Waals surface area contributed by atoms with Crippen LogP contribution in [0, 0.1) is 0 Å². The van der Waals surface area contributed by atoms with Crippen molar-refractivity contribution in [3.8, 4) is 0 Å². The van der Waals surface area contributed by atoms with E-state index in [1.807, 2.05) is 0 Å². The first kappa shape index (κ1) is 30.2. The SMILES string of the molecule is CCc1cc(N2CCCNCC2)nc(N2CCCCC2)n1.O=C(O)C(F)(F)F.O=C(O)C(F)(F)F. The lowest BCUT2D eigenvalue weighted by Crippen LogP contribution is -2.33. The monoisotopic (exact) mass is 517 g/mol. The van der Waals surface area contributed by atoms with Crippen LogP contribution >= 0.6 is 0 Å². The van der Waals surface area contributed by atoms with Crippen LogP contribution in [0.5, 0.6) is 0 Å². The number of anilines is 2. The molecule has 2 aliphatic heterocycles. The van der Waals surface area contributed by atoms with Crippen LogP contribution in [0.4, 0.5) is 38.1 Å². The summed E-state index contributed by atoms with van der Waals surface area (Å²) in [6.45, 7) is 8.68. The summed E-state index contributed by atoms with van der Waals surface area (Å²) in [5.41, 5.74) is 1.16. The molecule has 15 heteroatoms. The average molecular weight is 517 g/mol. The lowest BCUT2D eigenvalue weighted by Gasteiger charge is -2.29. The van der Waals surface area contributed by atoms with Gasteiger partial charge in [-0.2, -0.15) is 31.3 Å². The maximum atomic E-state index is 10.6. The molecule has 0 unspecified atom stereocenters. The van der Waals surface area contributed by atoms with Gasteiger partial charge in [0.05, 0.1) is 0 Å². The fourth-order valence-electron chi connectivity index (χ4n) is 3.12. The van der Waals surface area contributed by atoms with Crippen LogP contribution in [0.2, 0.25) is 0 Å². The van der Waals surface area contributed by atoms with Crippen molar-refractivity contribution in [3.63, 3.8) is 0 Å². The van der Waals surface area contributed by atoms with Crippen LogP contribution in [-0.4, -0.2) is 83.7 Å². The van der Waals surface area contributed by atoms with E-state index < -0.39 is 24.3 Å². The van der Waals surface area contributed by atoms with Crippen molar-refractivity contribution in [1.82, 2.24) is 15.3 Å². The minimum atomic E-state index is -5.08. The molecule has 1 aromatic rings. The third-order valence-corrected chi connectivity index (χ3v) is 4.90. The van der Waals surface area contributed by atoms with E-state index >= 15 is 0 Å². The molecule has 0 aromatic carbocycles. The second-order valence-electron chi connectivity index (χ2n) is 7.62. The van der Waals surface area contributed by atoms with Gasteiger partial charge in [-0.1, -0.05) is 6.92 Å². The Bertz CT molecular complexity index is 784. The van der Waals surface area contributed by atoms with Crippen LogP contribution in [0.15, 0.2) is 6.07 Å². The van der Waals surface area contributed by atoms with E-state index in [0.29, 0.717) is 0 Å². The lowest BCUT2D eigenvalue weighted by atomic mass is 10.1. The summed E-state index contributed by atoms with van der Waals surface area (Å²) in [7, 11) is 0. The van der Waals surface area contributed by atoms with Gasteiger partial charge in [-0.15, -0.1) is 0 Å². The number of piperidine rings is 1. The normalized spacial score (nSPS) is 16.8. The van der Waals surface area contributed by atoms with Gasteiger partial charge in [-0.05, 0) is 38.6 Å². The zero-order valence-electron chi connectivity index (χ0n) is 19.1. The predicted octanol–water partition coefficient (Wildman–Crippen LogP) is 3.10. The molecule has 2 fully saturated rings. The number of hydrogen-bond acceptors (Lipinski definition) is 7. The van der Waals surface area contributed by atoms with E-state index in [2.05, 4.69) is 28.1 Å². The maximum Gasteiger partial charge on any atom is 0.490 e. The summed E-state index contributed by atoms with van der Waals surface area (Å²) in [5.74, 6) is -3.45. The Morgan fingerprint density at radius 2 is 1.37 bits per heavy atom. The minimum absolute atomic E-state index is 0.946. The highest BCUT2D eigenvalue weighted by Crippen LogP contribution is 2.21. The van der Waals surface area contributed by atoms with Gasteiger partial charge in [-0.3, -0.25) is 0 Å². The number of carboxylic acid groups (broad SMARTS) is 2. The number of nitrogens with zero attached hydrogens (tertiary/aromatic N) is 4. The van der Waals surface area contributed by atoms with Crippen molar-refractivity contribution >= 4 is 23.7 Å². The molecule has 0 saturated carbocycles. The van der Waals surface area contributed by atoms with E-state index in [4.69, 9.17) is 29.8 Å². The van der Waals surface area contributed by atoms with Crippen LogP contribution in [0.25, 0.3) is 0 Å². The number of hydrogen-bond donors (Lipinski definition) is 3. The predicted molar refractivity (Wildman–Crippen MR) is 115 cm³/mol. The molecule has 0 aliphatic carbocycles. The summed E-state index contributed by atoms with van der Waals surface area (Å²) < 4.78 is 63.5. The van der Waals surface area contributed by atoms with Crippen LogP contribution in [0.1, 0.15) is 38.3 Å². The average Bonchev–Trinajstić information content (AvgIpc) is 3.08. The third kappa shape index (κ3) is 11.4. The van der Waals surface area contributed by atoms with E-state index in [-0.39, 0.29) is 0 Å². The first-order valence-electron chi connectivity index (χ1n) is 10.9. The van der Waals surface area contributed by atoms with Gasteiger partial charge in [0.2, 0.25) is 5.95 Å². The van der Waals surface area contributed by atoms with E-state index in [9.17, 15) is 26.3 Å². The summed E-state index contributed by atoms with van der Waals surface area (Å²) in [5, 5.41) is 17.7. The van der Waals surface area contributed by atoms with Crippen molar-refractivity contribution in [3.05, 3.63) is 11.8 Å². The number of aromatic nitrogens is 2. The van der Waals surface area contributed by atoms with E-state index in [1.54, 1.807) is 0 Å². The van der Waals surface area contributed by atoms with Crippen LogP contribution in [0.3, 0.4) is 0 Å². The number of rotatable bonds is 3. The van der Waals surface area contributed by atoms with Gasteiger partial charge in [0.25, 0.3) is 0 Å². The molecule has 35 heavy (non-hydrogen) atoms. The second kappa shape index (κ2) is 13.9. The van der Waals surface area contributed by atoms with Crippen LogP contribution in [-0.2, 0) is 16.0 Å². The molecule has 2 aliphatic rings. The Balaban J connectivity index is 0.000000362. The highest BCUT2D eigenvalue weighted by molar-refractivity contribution is 5.73. The number of nitrogens with one attached hydrogen (secondary N) is 1. The van der Waals surface area contributed by atoms with Crippen molar-refractivity contribution in [2.45, 2.75) is 51.4 Å². The maximum absolute atomic E-state index is 10.6. The lowest BCUT2D eigenvalue weighted by molar-refractivity contribution is -0.193. The van der Waals surface area contributed by atoms with Gasteiger partial charge in [0, 0.05) is 44.5 Å². The molecule has 3 N–H and O–H groups in total. The highest BCUT2D eigenvalue weighted by atomic mass is 19.4. The Morgan fingerprint density at radius 3 is 1.86 bits per heavy atom. The van der Waals surface area contributed by atoms with E-state index in [1.165, 1.54) is 25.7 Å². The first-order valence-corrected chi connectivity index (χ1v) is 10.9. The first-order chi connectivity index (χ1) is 16.3. The molecule has 3 heterocycles. The number of aliphatic carboxylic acids is 2. The molecule has 1 aromatic heterocycles. The van der Waals surface area contributed by atoms with Gasteiger partial charge >= 0.3 is 24.3 Å². The second-order valence-corrected chi connectivity index (χ2v) is 7.62. The molecular formula is C20H29F6N5O4. The fraction of sp³-hybridized carbons (Fsp3) is 0.700. The zero-order valence-corrected chi connectivity index (χ0v) is 19.1. The van der Waals surface area contributed by atoms with Gasteiger partial charge < -0.3 is 25.3 Å². The van der Waals surface area contributed by atoms with Crippen molar-refractivity contribution in [2.24, 2.45) is 0 Å². The van der Waals surface area contributed by atoms with Gasteiger partial charge in [0.1, 0.15) is 5.82 Å². The summed E-state index contributed by atoms with van der Waals surface area (Å²) in [6.07, 6.45) is -4.13. The molecule has 0 spiro atoms. The third-order valence-electron chi connectivity index (χ3n) is 4.90. The molecule has 200 valence electrons. The Kier molecular flexibility index (Phi) is 12.0. The van der Waals surface area contributed by atoms with Gasteiger partial charge in [-0.25, -0.2) is 14.6 Å². The molecule has 0 bridgehead atoms. The highest BCUT2D eigenvalue weighted by Gasteiger charge is 2.38. The molecular weight excluding hydrogens is 488 g/mol. The Labute approximate surface area is 198 Å². The van der Waals surface area contributed by atoms with Gasteiger partial charge in [0.15, 0.2) is 0 Å². The summed E-state index contributed by atoms with van der Waals surface area (Å²) >= 11 is 0. The Hall–Kier alpha value is -2.84. The topological polar surface area (TPSA) is 119 Å². The van der Waals surface area contributed by atoms with E-state index in [0.717, 1.165) is 63.1 Å². The standard InChI is InChI=1S/C16H27N5.2C2HF3O2/c1-2-14-13-15(20-11-6-7-17-8-12-20)19-16(18-14)21-9-4-3-5-10-21;2*3-2(4,5)1(6)7/h13,17H,2-12H2,1H3;2*(H,6,7). The number of carboxylic acids is 2. The van der Waals surface area contributed by atoms with Crippen molar-refractivity contribution in [2.75, 3.05) is 49.1 Å². The minimum Gasteiger partial charge on any atom is -0.475 e.